The molecule has 0 bridgehead atoms. The largest absolute Gasteiger partial charge is 0.357 e. The van der Waals surface area contributed by atoms with Gasteiger partial charge in [-0.15, -0.1) is 11.3 Å². The van der Waals surface area contributed by atoms with Gasteiger partial charge in [0.05, 0.1) is 9.80 Å². The van der Waals surface area contributed by atoms with Gasteiger partial charge in [-0.1, -0.05) is 0 Å². The van der Waals surface area contributed by atoms with Crippen molar-refractivity contribution in [1.82, 2.24) is 9.97 Å². The molecule has 90 valence electrons. The van der Waals surface area contributed by atoms with Crippen molar-refractivity contribution >= 4 is 23.0 Å². The molecule has 0 radical (unpaired) electrons. The van der Waals surface area contributed by atoms with Gasteiger partial charge >= 0.3 is 5.69 Å². The maximum absolute atomic E-state index is 10.9. The van der Waals surface area contributed by atoms with Gasteiger partial charge in [-0.2, -0.15) is 5.26 Å². The minimum atomic E-state index is -0.541. The average Bonchev–Trinajstić information content (AvgIpc) is 2.86. The van der Waals surface area contributed by atoms with E-state index in [2.05, 4.69) is 15.3 Å². The van der Waals surface area contributed by atoms with Crippen LogP contribution < -0.4 is 5.32 Å². The molecular formula is C10H7N5O2S. The van der Waals surface area contributed by atoms with Crippen molar-refractivity contribution in [1.29, 1.82) is 5.26 Å². The minimum absolute atomic E-state index is 0.180. The molecule has 0 aliphatic carbocycles. The molecule has 0 aliphatic heterocycles. The fourth-order valence-corrected chi connectivity index (χ4v) is 2.14. The van der Waals surface area contributed by atoms with Crippen molar-refractivity contribution in [2.45, 2.75) is 0 Å². The van der Waals surface area contributed by atoms with Crippen LogP contribution in [-0.4, -0.2) is 21.9 Å². The van der Waals surface area contributed by atoms with Gasteiger partial charge in [0.25, 0.3) is 0 Å². The van der Waals surface area contributed by atoms with Crippen molar-refractivity contribution in [2.24, 2.45) is 0 Å². The van der Waals surface area contributed by atoms with E-state index >= 15 is 0 Å². The first-order valence-corrected chi connectivity index (χ1v) is 5.67. The number of thiophene rings is 1. The molecule has 0 saturated carbocycles. The minimum Gasteiger partial charge on any atom is -0.357 e. The summed E-state index contributed by atoms with van der Waals surface area (Å²) in [5, 5.41) is 22.4. The van der Waals surface area contributed by atoms with Crippen molar-refractivity contribution in [3.63, 3.8) is 0 Å². The normalized spacial score (nSPS) is 9.78. The fraction of sp³-hybridized carbons (Fsp3) is 0.100. The molecule has 0 saturated heterocycles. The first-order chi connectivity index (χ1) is 8.65. The van der Waals surface area contributed by atoms with Crippen LogP contribution in [0.25, 0.3) is 10.6 Å². The van der Waals surface area contributed by atoms with Crippen LogP contribution in [0.1, 0.15) is 4.88 Å². The summed E-state index contributed by atoms with van der Waals surface area (Å²) in [4.78, 5) is 19.3. The predicted octanol–water partition coefficient (Wildman–Crippen LogP) is 2.03. The van der Waals surface area contributed by atoms with Gasteiger partial charge in [-0.3, -0.25) is 10.1 Å². The molecule has 0 spiro atoms. The zero-order valence-corrected chi connectivity index (χ0v) is 10.1. The van der Waals surface area contributed by atoms with E-state index in [-0.39, 0.29) is 11.4 Å². The first kappa shape index (κ1) is 11.9. The fourth-order valence-electron chi connectivity index (χ4n) is 1.34. The topological polar surface area (TPSA) is 105 Å². The summed E-state index contributed by atoms with van der Waals surface area (Å²) in [7, 11) is 1.63. The summed E-state index contributed by atoms with van der Waals surface area (Å²) in [6.45, 7) is 0. The maximum atomic E-state index is 10.9. The Labute approximate surface area is 106 Å². The van der Waals surface area contributed by atoms with Crippen LogP contribution >= 0.6 is 11.3 Å². The van der Waals surface area contributed by atoms with Crippen LogP contribution in [0.5, 0.6) is 0 Å². The van der Waals surface area contributed by atoms with E-state index in [4.69, 9.17) is 5.26 Å². The second-order valence-corrected chi connectivity index (χ2v) is 4.29. The number of hydrogen-bond acceptors (Lipinski definition) is 7. The summed E-state index contributed by atoms with van der Waals surface area (Å²) in [6.07, 6.45) is 1.15. The quantitative estimate of drug-likeness (QED) is 0.669. The lowest BCUT2D eigenvalue weighted by Gasteiger charge is -2.02. The monoisotopic (exact) mass is 261 g/mol. The Kier molecular flexibility index (Phi) is 3.16. The predicted molar refractivity (Wildman–Crippen MR) is 66.3 cm³/mol. The molecule has 2 heterocycles. The molecule has 2 rings (SSSR count). The van der Waals surface area contributed by atoms with Crippen LogP contribution in [0.4, 0.5) is 11.6 Å². The van der Waals surface area contributed by atoms with Crippen molar-refractivity contribution in [3.05, 3.63) is 33.3 Å². The number of aromatic nitrogens is 2. The van der Waals surface area contributed by atoms with Crippen LogP contribution in [0.3, 0.4) is 0 Å². The van der Waals surface area contributed by atoms with Gasteiger partial charge in [0.2, 0.25) is 5.95 Å². The summed E-state index contributed by atoms with van der Waals surface area (Å²) in [5.74, 6) is 0.294. The lowest BCUT2D eigenvalue weighted by molar-refractivity contribution is -0.384. The van der Waals surface area contributed by atoms with Gasteiger partial charge in [0.15, 0.2) is 5.69 Å². The van der Waals surface area contributed by atoms with Crippen molar-refractivity contribution in [2.75, 3.05) is 12.4 Å². The zero-order valence-electron chi connectivity index (χ0n) is 9.25. The molecule has 2 aromatic rings. The van der Waals surface area contributed by atoms with E-state index in [0.29, 0.717) is 15.7 Å². The molecule has 18 heavy (non-hydrogen) atoms. The molecular weight excluding hydrogens is 254 g/mol. The third-order valence-corrected chi connectivity index (χ3v) is 3.14. The Morgan fingerprint density at radius 3 is 2.89 bits per heavy atom. The Hall–Kier alpha value is -2.53. The van der Waals surface area contributed by atoms with Crippen LogP contribution in [0.2, 0.25) is 0 Å². The van der Waals surface area contributed by atoms with Crippen LogP contribution in [-0.2, 0) is 0 Å². The second-order valence-electron chi connectivity index (χ2n) is 3.21. The lowest BCUT2D eigenvalue weighted by Crippen LogP contribution is -2.00. The number of hydrogen-bond donors (Lipinski definition) is 1. The van der Waals surface area contributed by atoms with Crippen LogP contribution in [0, 0.1) is 21.4 Å². The van der Waals surface area contributed by atoms with E-state index in [1.165, 1.54) is 0 Å². The van der Waals surface area contributed by atoms with Gasteiger partial charge < -0.3 is 5.32 Å². The highest BCUT2D eigenvalue weighted by Crippen LogP contribution is 2.33. The summed E-state index contributed by atoms with van der Waals surface area (Å²) in [5.41, 5.74) is 0.0335. The highest BCUT2D eigenvalue weighted by atomic mass is 32.1. The van der Waals surface area contributed by atoms with Crippen molar-refractivity contribution < 1.29 is 4.92 Å². The van der Waals surface area contributed by atoms with E-state index in [0.717, 1.165) is 17.5 Å². The van der Waals surface area contributed by atoms with Crippen LogP contribution in [0.15, 0.2) is 18.3 Å². The highest BCUT2D eigenvalue weighted by Gasteiger charge is 2.20. The Morgan fingerprint density at radius 1 is 1.56 bits per heavy atom. The SMILES string of the molecule is CNc1ncc([N+](=O)[O-])c(-c2ccc(C#N)s2)n1. The highest BCUT2D eigenvalue weighted by molar-refractivity contribution is 7.16. The maximum Gasteiger partial charge on any atom is 0.314 e. The summed E-state index contributed by atoms with van der Waals surface area (Å²) >= 11 is 1.15. The van der Waals surface area contributed by atoms with E-state index < -0.39 is 4.92 Å². The summed E-state index contributed by atoms with van der Waals surface area (Å²) in [6, 6.07) is 5.22. The number of nitriles is 1. The molecule has 0 fully saturated rings. The lowest BCUT2D eigenvalue weighted by atomic mass is 10.3. The number of nitrogens with one attached hydrogen (secondary N) is 1. The standard InChI is InChI=1S/C10H7N5O2S/c1-12-10-13-5-7(15(16)17)9(14-10)8-3-2-6(4-11)18-8/h2-3,5H,1H3,(H,12,13,14). The summed E-state index contributed by atoms with van der Waals surface area (Å²) < 4.78 is 0. The number of nitrogens with zero attached hydrogens (tertiary/aromatic N) is 4. The Balaban J connectivity index is 2.60. The van der Waals surface area contributed by atoms with E-state index in [1.54, 1.807) is 19.2 Å². The van der Waals surface area contributed by atoms with Gasteiger partial charge in [-0.25, -0.2) is 9.97 Å². The van der Waals surface area contributed by atoms with E-state index in [9.17, 15) is 10.1 Å². The van der Waals surface area contributed by atoms with Gasteiger partial charge in [0.1, 0.15) is 17.1 Å². The third kappa shape index (κ3) is 2.11. The third-order valence-electron chi connectivity index (χ3n) is 2.14. The number of nitro groups is 1. The molecule has 8 heteroatoms. The Bertz CT molecular complexity index is 646. The molecule has 1 N–H and O–H groups in total. The average molecular weight is 261 g/mol. The number of anilines is 1. The molecule has 2 aromatic heterocycles. The van der Waals surface area contributed by atoms with Crippen molar-refractivity contribution in [3.8, 4) is 16.6 Å². The molecule has 0 aromatic carbocycles. The molecule has 0 aliphatic rings. The molecule has 0 atom stereocenters. The smallest absolute Gasteiger partial charge is 0.314 e. The molecule has 7 nitrogen and oxygen atoms in total. The molecule has 0 unspecified atom stereocenters. The number of rotatable bonds is 3. The first-order valence-electron chi connectivity index (χ1n) is 4.85. The van der Waals surface area contributed by atoms with Gasteiger partial charge in [0, 0.05) is 7.05 Å². The molecule has 0 amide bonds. The van der Waals surface area contributed by atoms with Gasteiger partial charge in [-0.05, 0) is 12.1 Å². The second kappa shape index (κ2) is 4.77. The zero-order chi connectivity index (χ0) is 13.1. The Morgan fingerprint density at radius 2 is 2.33 bits per heavy atom. The van der Waals surface area contributed by atoms with E-state index in [1.807, 2.05) is 6.07 Å².